The molecule has 0 fully saturated rings. The number of aliphatic hydroxyl groups is 1. The monoisotopic (exact) mass is 399 g/mol. The van der Waals surface area contributed by atoms with Gasteiger partial charge in [-0.05, 0) is 52.7 Å². The lowest BCUT2D eigenvalue weighted by Gasteiger charge is -2.25. The van der Waals surface area contributed by atoms with Gasteiger partial charge in [-0.25, -0.2) is 9.07 Å². The molecule has 0 aliphatic rings. The van der Waals surface area contributed by atoms with E-state index in [9.17, 15) is 14.3 Å². The number of carbonyl (C=O) groups excluding carboxylic acids is 1. The first-order chi connectivity index (χ1) is 14.0. The summed E-state index contributed by atoms with van der Waals surface area (Å²) in [5.41, 5.74) is 1.84. The summed E-state index contributed by atoms with van der Waals surface area (Å²) in [4.78, 5) is 14.7. The van der Waals surface area contributed by atoms with E-state index in [1.807, 2.05) is 0 Å². The quantitative estimate of drug-likeness (QED) is 0.623. The summed E-state index contributed by atoms with van der Waals surface area (Å²) in [6.07, 6.45) is 1.89. The second-order valence-corrected chi connectivity index (χ2v) is 6.59. The minimum absolute atomic E-state index is 0.0395. The van der Waals surface area contributed by atoms with Crippen LogP contribution < -0.4 is 4.74 Å². The highest BCUT2D eigenvalue weighted by Crippen LogP contribution is 2.25. The van der Waals surface area contributed by atoms with Crippen LogP contribution in [0, 0.1) is 5.82 Å². The number of ether oxygens (including phenoxy) is 1. The second-order valence-electron chi connectivity index (χ2n) is 6.59. The Morgan fingerprint density at radius 3 is 2.66 bits per heavy atom. The maximum absolute atomic E-state index is 13.2. The Bertz CT molecular complexity index is 947. The van der Waals surface area contributed by atoms with Crippen LogP contribution in [0.25, 0.3) is 5.69 Å². The molecule has 1 aromatic heterocycles. The Hall–Kier alpha value is -3.33. The number of nitrogens with zero attached hydrogens (tertiary/aromatic N) is 5. The zero-order valence-electron chi connectivity index (χ0n) is 16.2. The average Bonchev–Trinajstić information content (AvgIpc) is 3.28. The fourth-order valence-corrected chi connectivity index (χ4v) is 3.16. The van der Waals surface area contributed by atoms with E-state index in [4.69, 9.17) is 4.74 Å². The molecule has 1 unspecified atom stereocenters. The van der Waals surface area contributed by atoms with Gasteiger partial charge in [0.05, 0.1) is 18.4 Å². The highest BCUT2D eigenvalue weighted by molar-refractivity contribution is 5.97. The minimum Gasteiger partial charge on any atom is -0.496 e. The van der Waals surface area contributed by atoms with Gasteiger partial charge in [0.25, 0.3) is 5.91 Å². The van der Waals surface area contributed by atoms with Gasteiger partial charge in [0.1, 0.15) is 17.9 Å². The molecule has 0 aliphatic heterocycles. The van der Waals surface area contributed by atoms with E-state index in [1.54, 1.807) is 42.3 Å². The number of hydrogen-bond acceptors (Lipinski definition) is 6. The van der Waals surface area contributed by atoms with Crippen molar-refractivity contribution in [3.8, 4) is 11.4 Å². The largest absolute Gasteiger partial charge is 0.496 e. The van der Waals surface area contributed by atoms with Crippen LogP contribution in [0.2, 0.25) is 0 Å². The molecule has 1 atom stereocenters. The molecular weight excluding hydrogens is 377 g/mol. The molecule has 0 saturated heterocycles. The van der Waals surface area contributed by atoms with Crippen molar-refractivity contribution in [1.82, 2.24) is 25.1 Å². The van der Waals surface area contributed by atoms with Crippen LogP contribution >= 0.6 is 0 Å². The van der Waals surface area contributed by atoms with Gasteiger partial charge < -0.3 is 14.7 Å². The van der Waals surface area contributed by atoms with Crippen molar-refractivity contribution in [2.75, 3.05) is 27.3 Å². The van der Waals surface area contributed by atoms with Crippen molar-refractivity contribution in [1.29, 1.82) is 0 Å². The predicted octanol–water partition coefficient (Wildman–Crippen LogP) is 2.05. The van der Waals surface area contributed by atoms with Crippen LogP contribution in [-0.2, 0) is 0 Å². The molecule has 0 spiro atoms. The average molecular weight is 399 g/mol. The lowest BCUT2D eigenvalue weighted by molar-refractivity contribution is 0.0777. The standard InChI is InChI=1S/C20H22FN5O3/c1-25(12-15(9-10-27)14-3-5-16(21)6-4-14)20(28)18-11-17(7-8-19(18)29-2)26-13-22-23-24-26/h3-8,11,13,15,27H,9-10,12H2,1-2H3. The number of amides is 1. The number of benzene rings is 2. The van der Waals surface area contributed by atoms with E-state index in [2.05, 4.69) is 15.5 Å². The number of rotatable bonds is 8. The summed E-state index contributed by atoms with van der Waals surface area (Å²) < 4.78 is 20.0. The summed E-state index contributed by atoms with van der Waals surface area (Å²) >= 11 is 0. The predicted molar refractivity (Wildman–Crippen MR) is 104 cm³/mol. The number of halogens is 1. The molecule has 0 saturated carbocycles. The molecule has 0 radical (unpaired) electrons. The molecule has 3 aromatic rings. The molecule has 1 heterocycles. The summed E-state index contributed by atoms with van der Waals surface area (Å²) in [5, 5.41) is 20.5. The van der Waals surface area contributed by atoms with Gasteiger partial charge in [-0.3, -0.25) is 4.79 Å². The fourth-order valence-electron chi connectivity index (χ4n) is 3.16. The maximum atomic E-state index is 13.2. The highest BCUT2D eigenvalue weighted by atomic mass is 19.1. The van der Waals surface area contributed by atoms with Crippen LogP contribution in [0.4, 0.5) is 4.39 Å². The number of aromatic nitrogens is 4. The van der Waals surface area contributed by atoms with Gasteiger partial charge in [0, 0.05) is 26.1 Å². The number of hydrogen-bond donors (Lipinski definition) is 1. The van der Waals surface area contributed by atoms with Crippen molar-refractivity contribution in [3.63, 3.8) is 0 Å². The van der Waals surface area contributed by atoms with Crippen LogP contribution in [0.3, 0.4) is 0 Å². The number of aliphatic hydroxyl groups excluding tert-OH is 1. The Balaban J connectivity index is 1.84. The van der Waals surface area contributed by atoms with Gasteiger partial charge in [-0.1, -0.05) is 12.1 Å². The van der Waals surface area contributed by atoms with Crippen LogP contribution in [-0.4, -0.2) is 63.4 Å². The third-order valence-corrected chi connectivity index (χ3v) is 4.69. The fraction of sp³-hybridized carbons (Fsp3) is 0.300. The second kappa shape index (κ2) is 9.24. The first-order valence-corrected chi connectivity index (χ1v) is 9.06. The van der Waals surface area contributed by atoms with Crippen LogP contribution in [0.5, 0.6) is 5.75 Å². The van der Waals surface area contributed by atoms with Crippen LogP contribution in [0.15, 0.2) is 48.8 Å². The molecule has 152 valence electrons. The number of likely N-dealkylation sites (N-methyl/N-ethyl adjacent to an activating group) is 1. The summed E-state index contributed by atoms with van der Waals surface area (Å²) in [7, 11) is 3.18. The van der Waals surface area contributed by atoms with E-state index in [1.165, 1.54) is 30.3 Å². The van der Waals surface area contributed by atoms with Crippen molar-refractivity contribution in [3.05, 3.63) is 65.7 Å². The highest BCUT2D eigenvalue weighted by Gasteiger charge is 2.22. The van der Waals surface area contributed by atoms with Gasteiger partial charge in [0.2, 0.25) is 0 Å². The third-order valence-electron chi connectivity index (χ3n) is 4.69. The molecule has 3 rings (SSSR count). The number of tetrazole rings is 1. The smallest absolute Gasteiger partial charge is 0.257 e. The van der Waals surface area contributed by atoms with Gasteiger partial charge in [0.15, 0.2) is 0 Å². The summed E-state index contributed by atoms with van der Waals surface area (Å²) in [5.74, 6) is -0.283. The van der Waals surface area contributed by atoms with Crippen molar-refractivity contribution >= 4 is 5.91 Å². The van der Waals surface area contributed by atoms with E-state index >= 15 is 0 Å². The molecule has 0 aliphatic carbocycles. The van der Waals surface area contributed by atoms with Crippen molar-refractivity contribution in [2.45, 2.75) is 12.3 Å². The molecule has 1 N–H and O–H groups in total. The minimum atomic E-state index is -0.329. The zero-order chi connectivity index (χ0) is 20.8. The van der Waals surface area contributed by atoms with Gasteiger partial charge >= 0.3 is 0 Å². The van der Waals surface area contributed by atoms with E-state index in [-0.39, 0.29) is 24.2 Å². The lowest BCUT2D eigenvalue weighted by Crippen LogP contribution is -2.32. The van der Waals surface area contributed by atoms with Gasteiger partial charge in [-0.2, -0.15) is 0 Å². The van der Waals surface area contributed by atoms with E-state index < -0.39 is 0 Å². The maximum Gasteiger partial charge on any atom is 0.257 e. The lowest BCUT2D eigenvalue weighted by atomic mass is 9.95. The summed E-state index contributed by atoms with van der Waals surface area (Å²) in [6, 6.07) is 11.2. The first-order valence-electron chi connectivity index (χ1n) is 9.06. The van der Waals surface area contributed by atoms with E-state index in [0.717, 1.165) is 5.56 Å². The Morgan fingerprint density at radius 2 is 2.03 bits per heavy atom. The molecule has 9 heteroatoms. The molecule has 8 nitrogen and oxygen atoms in total. The Labute approximate surface area is 167 Å². The topological polar surface area (TPSA) is 93.4 Å². The number of methoxy groups -OCH3 is 1. The third kappa shape index (κ3) is 4.75. The normalized spacial score (nSPS) is 11.9. The van der Waals surface area contributed by atoms with Crippen molar-refractivity contribution in [2.24, 2.45) is 0 Å². The Kier molecular flexibility index (Phi) is 6.50. The zero-order valence-corrected chi connectivity index (χ0v) is 16.2. The van der Waals surface area contributed by atoms with Crippen molar-refractivity contribution < 1.29 is 19.0 Å². The van der Waals surface area contributed by atoms with E-state index in [0.29, 0.717) is 30.0 Å². The molecule has 29 heavy (non-hydrogen) atoms. The molecule has 0 bridgehead atoms. The molecular formula is C20H22FN5O3. The summed E-state index contributed by atoms with van der Waals surface area (Å²) in [6.45, 7) is 0.311. The molecule has 2 aromatic carbocycles. The van der Waals surface area contributed by atoms with Crippen LogP contribution in [0.1, 0.15) is 28.3 Å². The first kappa shape index (κ1) is 20.4. The SMILES string of the molecule is COc1ccc(-n2cnnn2)cc1C(=O)N(C)CC(CCO)c1ccc(F)cc1. The van der Waals surface area contributed by atoms with Gasteiger partial charge in [-0.15, -0.1) is 5.10 Å². The number of carbonyl (C=O) groups is 1. The molecule has 1 amide bonds. The Morgan fingerprint density at radius 1 is 1.28 bits per heavy atom.